The Labute approximate surface area is 94.7 Å². The molecule has 0 aromatic heterocycles. The predicted molar refractivity (Wildman–Crippen MR) is 59.7 cm³/mol. The van der Waals surface area contributed by atoms with Crippen molar-refractivity contribution in [3.8, 4) is 0 Å². The number of carbonyl (C=O) groups is 1. The van der Waals surface area contributed by atoms with E-state index in [-0.39, 0.29) is 18.2 Å². The molecule has 0 amide bonds. The summed E-state index contributed by atoms with van der Waals surface area (Å²) < 4.78 is 10.7. The number of benzene rings is 1. The van der Waals surface area contributed by atoms with Crippen LogP contribution in [0.2, 0.25) is 0 Å². The van der Waals surface area contributed by atoms with Gasteiger partial charge >= 0.3 is 5.97 Å². The fraction of sp³-hybridized carbons (Fsp3) is 0.308. The molecule has 0 saturated heterocycles. The van der Waals surface area contributed by atoms with E-state index < -0.39 is 0 Å². The third-order valence-corrected chi connectivity index (χ3v) is 2.47. The lowest BCUT2D eigenvalue weighted by Crippen LogP contribution is -2.32. The summed E-state index contributed by atoms with van der Waals surface area (Å²) in [6.07, 6.45) is 2.79. The molecule has 0 unspecified atom stereocenters. The maximum absolute atomic E-state index is 10.9. The molecule has 1 aliphatic heterocycles. The molecule has 2 atom stereocenters. The van der Waals surface area contributed by atoms with Gasteiger partial charge < -0.3 is 9.47 Å². The number of esters is 1. The minimum absolute atomic E-state index is 0.155. The molecule has 1 heterocycles. The van der Waals surface area contributed by atoms with Crippen molar-refractivity contribution in [1.82, 2.24) is 0 Å². The van der Waals surface area contributed by atoms with Crippen LogP contribution in [0.1, 0.15) is 12.5 Å². The molecule has 16 heavy (non-hydrogen) atoms. The molecule has 0 bridgehead atoms. The van der Waals surface area contributed by atoms with E-state index in [0.29, 0.717) is 6.61 Å². The molecule has 0 fully saturated rings. The highest BCUT2D eigenvalue weighted by Gasteiger charge is 2.22. The third-order valence-electron chi connectivity index (χ3n) is 2.47. The molecule has 0 spiro atoms. The summed E-state index contributed by atoms with van der Waals surface area (Å²) in [6.45, 7) is 2.36. The molecule has 3 heteroatoms. The first-order valence-electron chi connectivity index (χ1n) is 5.30. The van der Waals surface area contributed by atoms with Crippen LogP contribution in [0.15, 0.2) is 42.5 Å². The van der Waals surface area contributed by atoms with Crippen molar-refractivity contribution < 1.29 is 14.3 Å². The van der Waals surface area contributed by atoms with Gasteiger partial charge in [0.05, 0.1) is 6.61 Å². The standard InChI is InChI=1S/C13H14O3/c1-10-12(7-8-13(14)16-10)15-9-11-5-3-2-4-6-11/h2-8,10,12H,9H2,1H3/t10-,12+/m0/s1. The Morgan fingerprint density at radius 1 is 1.31 bits per heavy atom. The molecule has 0 radical (unpaired) electrons. The van der Waals surface area contributed by atoms with E-state index in [1.807, 2.05) is 37.3 Å². The highest BCUT2D eigenvalue weighted by atomic mass is 16.6. The summed E-state index contributed by atoms with van der Waals surface area (Å²) in [5.74, 6) is -0.299. The molecule has 1 aromatic rings. The molecule has 2 rings (SSSR count). The highest BCUT2D eigenvalue weighted by molar-refractivity contribution is 5.83. The minimum atomic E-state index is -0.299. The first-order chi connectivity index (χ1) is 7.75. The van der Waals surface area contributed by atoms with Crippen molar-refractivity contribution in [3.05, 3.63) is 48.0 Å². The van der Waals surface area contributed by atoms with Crippen molar-refractivity contribution >= 4 is 5.97 Å². The molecule has 84 valence electrons. The Morgan fingerprint density at radius 3 is 2.75 bits per heavy atom. The van der Waals surface area contributed by atoms with E-state index in [4.69, 9.17) is 9.47 Å². The molecule has 1 aromatic carbocycles. The Bertz CT molecular complexity index is 383. The van der Waals surface area contributed by atoms with Crippen LogP contribution < -0.4 is 0 Å². The second kappa shape index (κ2) is 4.94. The maximum atomic E-state index is 10.9. The van der Waals surface area contributed by atoms with Gasteiger partial charge in [-0.1, -0.05) is 30.3 Å². The predicted octanol–water partition coefficient (Wildman–Crippen LogP) is 2.07. The van der Waals surface area contributed by atoms with Crippen molar-refractivity contribution in [1.29, 1.82) is 0 Å². The second-order valence-electron chi connectivity index (χ2n) is 3.76. The number of ether oxygens (including phenoxy) is 2. The summed E-state index contributed by atoms with van der Waals surface area (Å²) in [4.78, 5) is 10.9. The number of hydrogen-bond acceptors (Lipinski definition) is 3. The number of rotatable bonds is 3. The first-order valence-corrected chi connectivity index (χ1v) is 5.30. The van der Waals surface area contributed by atoms with Gasteiger partial charge in [-0.3, -0.25) is 0 Å². The SMILES string of the molecule is C[C@@H]1OC(=O)C=C[C@H]1OCc1ccccc1. The average Bonchev–Trinajstić information content (AvgIpc) is 2.29. The number of carbonyl (C=O) groups excluding carboxylic acids is 1. The van der Waals surface area contributed by atoms with E-state index in [1.54, 1.807) is 6.08 Å². The summed E-state index contributed by atoms with van der Waals surface area (Å²) >= 11 is 0. The first kappa shape index (κ1) is 10.9. The van der Waals surface area contributed by atoms with Gasteiger partial charge in [0, 0.05) is 6.08 Å². The largest absolute Gasteiger partial charge is 0.456 e. The van der Waals surface area contributed by atoms with Crippen LogP contribution in [-0.4, -0.2) is 18.2 Å². The topological polar surface area (TPSA) is 35.5 Å². The van der Waals surface area contributed by atoms with Gasteiger partial charge in [0.2, 0.25) is 0 Å². The zero-order valence-corrected chi connectivity index (χ0v) is 9.13. The summed E-state index contributed by atoms with van der Waals surface area (Å²) in [7, 11) is 0. The Balaban J connectivity index is 1.91. The number of cyclic esters (lactones) is 1. The van der Waals surface area contributed by atoms with Gasteiger partial charge in [-0.15, -0.1) is 0 Å². The van der Waals surface area contributed by atoms with Gasteiger partial charge in [-0.05, 0) is 18.6 Å². The van der Waals surface area contributed by atoms with Crippen LogP contribution in [0.5, 0.6) is 0 Å². The van der Waals surface area contributed by atoms with E-state index in [0.717, 1.165) is 5.56 Å². The second-order valence-corrected chi connectivity index (χ2v) is 3.76. The molecular weight excluding hydrogens is 204 g/mol. The smallest absolute Gasteiger partial charge is 0.330 e. The lowest BCUT2D eigenvalue weighted by molar-refractivity contribution is -0.150. The van der Waals surface area contributed by atoms with Crippen LogP contribution in [0, 0.1) is 0 Å². The van der Waals surface area contributed by atoms with Crippen LogP contribution in [-0.2, 0) is 20.9 Å². The zero-order valence-electron chi connectivity index (χ0n) is 9.13. The lowest BCUT2D eigenvalue weighted by atomic mass is 10.1. The summed E-state index contributed by atoms with van der Waals surface area (Å²) in [5, 5.41) is 0. The van der Waals surface area contributed by atoms with E-state index in [9.17, 15) is 4.79 Å². The van der Waals surface area contributed by atoms with Crippen molar-refractivity contribution in [2.45, 2.75) is 25.7 Å². The Morgan fingerprint density at radius 2 is 2.06 bits per heavy atom. The van der Waals surface area contributed by atoms with Crippen molar-refractivity contribution in [3.63, 3.8) is 0 Å². The van der Waals surface area contributed by atoms with Gasteiger partial charge in [0.25, 0.3) is 0 Å². The Kier molecular flexibility index (Phi) is 3.37. The number of hydrogen-bond donors (Lipinski definition) is 0. The molecule has 3 nitrogen and oxygen atoms in total. The van der Waals surface area contributed by atoms with Crippen molar-refractivity contribution in [2.75, 3.05) is 0 Å². The lowest BCUT2D eigenvalue weighted by Gasteiger charge is -2.24. The monoisotopic (exact) mass is 218 g/mol. The van der Waals surface area contributed by atoms with Gasteiger partial charge in [-0.2, -0.15) is 0 Å². The molecule has 0 saturated carbocycles. The third kappa shape index (κ3) is 2.70. The van der Waals surface area contributed by atoms with E-state index in [1.165, 1.54) is 6.08 Å². The van der Waals surface area contributed by atoms with E-state index in [2.05, 4.69) is 0 Å². The van der Waals surface area contributed by atoms with Gasteiger partial charge in [-0.25, -0.2) is 4.79 Å². The zero-order chi connectivity index (χ0) is 11.4. The Hall–Kier alpha value is -1.61. The van der Waals surface area contributed by atoms with Gasteiger partial charge in [0.1, 0.15) is 12.2 Å². The normalized spacial score (nSPS) is 24.2. The van der Waals surface area contributed by atoms with Crippen LogP contribution in [0.4, 0.5) is 0 Å². The fourth-order valence-electron chi connectivity index (χ4n) is 1.58. The molecular formula is C13H14O3. The summed E-state index contributed by atoms with van der Waals surface area (Å²) in [5.41, 5.74) is 1.11. The fourth-order valence-corrected chi connectivity index (χ4v) is 1.58. The summed E-state index contributed by atoms with van der Waals surface area (Å²) in [6, 6.07) is 9.92. The average molecular weight is 218 g/mol. The minimum Gasteiger partial charge on any atom is -0.456 e. The van der Waals surface area contributed by atoms with Crippen LogP contribution >= 0.6 is 0 Å². The molecule has 0 aliphatic carbocycles. The molecule has 0 N–H and O–H groups in total. The van der Waals surface area contributed by atoms with Crippen molar-refractivity contribution in [2.24, 2.45) is 0 Å². The van der Waals surface area contributed by atoms with E-state index >= 15 is 0 Å². The van der Waals surface area contributed by atoms with Gasteiger partial charge in [0.15, 0.2) is 0 Å². The quantitative estimate of drug-likeness (QED) is 0.728. The maximum Gasteiger partial charge on any atom is 0.330 e. The van der Waals surface area contributed by atoms with Crippen LogP contribution in [0.25, 0.3) is 0 Å². The molecule has 1 aliphatic rings. The highest BCUT2D eigenvalue weighted by Crippen LogP contribution is 2.13. The van der Waals surface area contributed by atoms with Crippen LogP contribution in [0.3, 0.4) is 0 Å².